The number of nitrogens with zero attached hydrogens (tertiary/aromatic N) is 2. The molecule has 0 radical (unpaired) electrons. The summed E-state index contributed by atoms with van der Waals surface area (Å²) in [6.45, 7) is 1.90. The van der Waals surface area contributed by atoms with Crippen LogP contribution in [0.5, 0.6) is 5.75 Å². The number of hydrogen-bond acceptors (Lipinski definition) is 3. The molecule has 2 aliphatic heterocycles. The van der Waals surface area contributed by atoms with Crippen molar-refractivity contribution in [1.29, 1.82) is 5.26 Å². The van der Waals surface area contributed by atoms with Gasteiger partial charge in [-0.3, -0.25) is 4.79 Å². The van der Waals surface area contributed by atoms with E-state index >= 15 is 0 Å². The topological polar surface area (TPSA) is 53.3 Å². The molecule has 0 spiro atoms. The van der Waals surface area contributed by atoms with E-state index in [0.717, 1.165) is 11.3 Å². The molecule has 1 aromatic carbocycles. The Bertz CT molecular complexity index is 563. The first-order chi connectivity index (χ1) is 8.57. The van der Waals surface area contributed by atoms with E-state index in [1.165, 1.54) is 0 Å². The molecular weight excluding hydrogens is 228 g/mol. The molecule has 4 nitrogen and oxygen atoms in total. The first-order valence-electron chi connectivity index (χ1n) is 6.02. The van der Waals surface area contributed by atoms with E-state index in [9.17, 15) is 10.1 Å². The molecule has 3 atom stereocenters. The Morgan fingerprint density at radius 1 is 1.50 bits per heavy atom. The van der Waals surface area contributed by atoms with Crippen LogP contribution in [0.3, 0.4) is 0 Å². The van der Waals surface area contributed by atoms with Crippen LogP contribution >= 0.6 is 0 Å². The summed E-state index contributed by atoms with van der Waals surface area (Å²) in [6.07, 6.45) is 0.671. The number of benzene rings is 1. The monoisotopic (exact) mass is 242 g/mol. The maximum absolute atomic E-state index is 12.2. The van der Waals surface area contributed by atoms with Crippen molar-refractivity contribution in [2.45, 2.75) is 25.0 Å². The molecule has 3 rings (SSSR count). The van der Waals surface area contributed by atoms with Gasteiger partial charge >= 0.3 is 0 Å². The molecule has 2 heterocycles. The third-order valence-electron chi connectivity index (χ3n) is 4.09. The molecule has 0 aromatic heterocycles. The van der Waals surface area contributed by atoms with Gasteiger partial charge in [-0.05, 0) is 18.6 Å². The summed E-state index contributed by atoms with van der Waals surface area (Å²) >= 11 is 0. The molecular formula is C14H14N2O2. The Hall–Kier alpha value is -2.02. The average Bonchev–Trinajstić information content (AvgIpc) is 2.37. The lowest BCUT2D eigenvalue weighted by atomic mass is 9.74. The molecule has 1 amide bonds. The van der Waals surface area contributed by atoms with Crippen LogP contribution in [0.2, 0.25) is 0 Å². The standard InChI is InChI=1S/C14H14N2O2/c1-14-7-10(11(8-15)13(17)16(14)2)9-5-3-4-6-12(9)18-14/h3-6,10-11H,7H2,1-2H3/t10?,11?,14-/m1/s1. The summed E-state index contributed by atoms with van der Waals surface area (Å²) in [7, 11) is 1.71. The van der Waals surface area contributed by atoms with E-state index < -0.39 is 11.6 Å². The number of nitriles is 1. The predicted molar refractivity (Wildman–Crippen MR) is 64.7 cm³/mol. The SMILES string of the molecule is CN1C(=O)C(C#N)C2C[C@@]1(C)Oc1ccccc12. The molecule has 1 fully saturated rings. The minimum atomic E-state index is -0.635. The van der Waals surface area contributed by atoms with E-state index in [0.29, 0.717) is 6.42 Å². The minimum Gasteiger partial charge on any atom is -0.468 e. The predicted octanol–water partition coefficient (Wildman–Crippen LogP) is 1.88. The van der Waals surface area contributed by atoms with Gasteiger partial charge in [-0.1, -0.05) is 18.2 Å². The second-order valence-electron chi connectivity index (χ2n) is 5.13. The highest BCUT2D eigenvalue weighted by atomic mass is 16.5. The highest BCUT2D eigenvalue weighted by molar-refractivity contribution is 5.84. The molecule has 0 N–H and O–H groups in total. The lowest BCUT2D eigenvalue weighted by Gasteiger charge is -2.50. The fourth-order valence-electron chi connectivity index (χ4n) is 2.94. The van der Waals surface area contributed by atoms with Gasteiger partial charge in [0.1, 0.15) is 11.7 Å². The average molecular weight is 242 g/mol. The summed E-state index contributed by atoms with van der Waals surface area (Å²) in [5, 5.41) is 9.26. The number of likely N-dealkylation sites (tertiary alicyclic amines) is 1. The van der Waals surface area contributed by atoms with Gasteiger partial charge in [-0.2, -0.15) is 5.26 Å². The molecule has 18 heavy (non-hydrogen) atoms. The molecule has 0 aliphatic carbocycles. The molecule has 4 heteroatoms. The number of para-hydroxylation sites is 1. The maximum Gasteiger partial charge on any atom is 0.243 e. The van der Waals surface area contributed by atoms with Gasteiger partial charge in [0.15, 0.2) is 5.72 Å². The van der Waals surface area contributed by atoms with Gasteiger partial charge < -0.3 is 9.64 Å². The molecule has 92 valence electrons. The third kappa shape index (κ3) is 1.28. The number of piperidine rings is 1. The number of rotatable bonds is 0. The summed E-state index contributed by atoms with van der Waals surface area (Å²) in [5.74, 6) is -0.0246. The fourth-order valence-corrected chi connectivity index (χ4v) is 2.94. The fraction of sp³-hybridized carbons (Fsp3) is 0.429. The quantitative estimate of drug-likeness (QED) is 0.698. The molecule has 2 aliphatic rings. The van der Waals surface area contributed by atoms with Crippen molar-refractivity contribution in [3.8, 4) is 11.8 Å². The zero-order chi connectivity index (χ0) is 12.9. The summed E-state index contributed by atoms with van der Waals surface area (Å²) < 4.78 is 5.96. The Morgan fingerprint density at radius 2 is 2.22 bits per heavy atom. The molecule has 2 unspecified atom stereocenters. The van der Waals surface area contributed by atoms with Crippen molar-refractivity contribution in [3.63, 3.8) is 0 Å². The van der Waals surface area contributed by atoms with Crippen molar-refractivity contribution in [1.82, 2.24) is 4.90 Å². The second kappa shape index (κ2) is 3.49. The highest BCUT2D eigenvalue weighted by Crippen LogP contribution is 2.49. The largest absolute Gasteiger partial charge is 0.468 e. The maximum atomic E-state index is 12.2. The number of fused-ring (bicyclic) bond motifs is 4. The Labute approximate surface area is 106 Å². The van der Waals surface area contributed by atoms with Crippen LogP contribution in [0.1, 0.15) is 24.8 Å². The molecule has 1 saturated heterocycles. The smallest absolute Gasteiger partial charge is 0.243 e. The van der Waals surface area contributed by atoms with Gasteiger partial charge in [-0.15, -0.1) is 0 Å². The van der Waals surface area contributed by atoms with Crippen molar-refractivity contribution >= 4 is 5.91 Å². The van der Waals surface area contributed by atoms with Crippen LogP contribution in [0.25, 0.3) is 0 Å². The zero-order valence-corrected chi connectivity index (χ0v) is 10.4. The van der Waals surface area contributed by atoms with Gasteiger partial charge in [0, 0.05) is 19.4 Å². The number of ether oxygens (including phenoxy) is 1. The van der Waals surface area contributed by atoms with Gasteiger partial charge in [0.2, 0.25) is 5.91 Å². The van der Waals surface area contributed by atoms with E-state index in [1.54, 1.807) is 11.9 Å². The van der Waals surface area contributed by atoms with Crippen LogP contribution in [-0.4, -0.2) is 23.6 Å². The van der Waals surface area contributed by atoms with Crippen LogP contribution in [0, 0.1) is 17.2 Å². The molecule has 0 saturated carbocycles. The molecule has 1 aromatic rings. The van der Waals surface area contributed by atoms with Crippen LogP contribution in [0.15, 0.2) is 24.3 Å². The lowest BCUT2D eigenvalue weighted by Crippen LogP contribution is -2.60. The number of amides is 1. The third-order valence-corrected chi connectivity index (χ3v) is 4.09. The van der Waals surface area contributed by atoms with Gasteiger partial charge in [0.25, 0.3) is 0 Å². The normalized spacial score (nSPS) is 33.4. The minimum absolute atomic E-state index is 0.0614. The van der Waals surface area contributed by atoms with Gasteiger partial charge in [-0.25, -0.2) is 0 Å². The first kappa shape index (κ1) is 11.1. The number of hydrogen-bond donors (Lipinski definition) is 0. The summed E-state index contributed by atoms with van der Waals surface area (Å²) in [4.78, 5) is 13.8. The van der Waals surface area contributed by atoms with E-state index in [-0.39, 0.29) is 11.8 Å². The summed E-state index contributed by atoms with van der Waals surface area (Å²) in [5.41, 5.74) is 0.340. The Balaban J connectivity index is 2.18. The first-order valence-corrected chi connectivity index (χ1v) is 6.02. The number of carbonyl (C=O) groups excluding carboxylic acids is 1. The highest BCUT2D eigenvalue weighted by Gasteiger charge is 2.52. The van der Waals surface area contributed by atoms with Gasteiger partial charge in [0.05, 0.1) is 6.07 Å². The van der Waals surface area contributed by atoms with Crippen molar-refractivity contribution in [2.24, 2.45) is 5.92 Å². The van der Waals surface area contributed by atoms with Crippen molar-refractivity contribution in [3.05, 3.63) is 29.8 Å². The lowest BCUT2D eigenvalue weighted by molar-refractivity contribution is -0.165. The Kier molecular flexibility index (Phi) is 2.15. The van der Waals surface area contributed by atoms with Crippen LogP contribution in [0.4, 0.5) is 0 Å². The summed E-state index contributed by atoms with van der Waals surface area (Å²) in [6, 6.07) is 9.83. The molecule has 2 bridgehead atoms. The number of carbonyl (C=O) groups is 1. The zero-order valence-electron chi connectivity index (χ0n) is 10.4. The van der Waals surface area contributed by atoms with Crippen molar-refractivity contribution < 1.29 is 9.53 Å². The van der Waals surface area contributed by atoms with Crippen LogP contribution < -0.4 is 4.74 Å². The second-order valence-corrected chi connectivity index (χ2v) is 5.13. The van der Waals surface area contributed by atoms with E-state index in [2.05, 4.69) is 6.07 Å². The van der Waals surface area contributed by atoms with Crippen LogP contribution in [-0.2, 0) is 4.79 Å². The van der Waals surface area contributed by atoms with E-state index in [4.69, 9.17) is 4.74 Å². The van der Waals surface area contributed by atoms with E-state index in [1.807, 2.05) is 31.2 Å². The Morgan fingerprint density at radius 3 is 2.94 bits per heavy atom. The van der Waals surface area contributed by atoms with Crippen molar-refractivity contribution in [2.75, 3.05) is 7.05 Å².